The highest BCUT2D eigenvalue weighted by Crippen LogP contribution is 2.23. The summed E-state index contributed by atoms with van der Waals surface area (Å²) in [5, 5.41) is 3.07. The van der Waals surface area contributed by atoms with E-state index >= 15 is 0 Å². The van der Waals surface area contributed by atoms with Crippen molar-refractivity contribution in [2.75, 3.05) is 51.1 Å². The number of benzene rings is 1. The fourth-order valence-electron chi connectivity index (χ4n) is 4.97. The van der Waals surface area contributed by atoms with Crippen LogP contribution in [-0.4, -0.2) is 78.4 Å². The molecule has 6 heteroatoms. The zero-order chi connectivity index (χ0) is 21.8. The molecule has 0 radical (unpaired) electrons. The molecule has 6 nitrogen and oxygen atoms in total. The Labute approximate surface area is 181 Å². The molecule has 2 heterocycles. The number of para-hydroxylation sites is 1. The summed E-state index contributed by atoms with van der Waals surface area (Å²) in [4.78, 5) is 32.1. The molecule has 1 aromatic carbocycles. The van der Waals surface area contributed by atoms with Gasteiger partial charge in [-0.15, -0.1) is 0 Å². The molecule has 3 atom stereocenters. The summed E-state index contributed by atoms with van der Waals surface area (Å²) in [7, 11) is 0. The fraction of sp³-hybridized carbons (Fsp3) is 0.667. The van der Waals surface area contributed by atoms with Gasteiger partial charge in [-0.2, -0.15) is 0 Å². The Morgan fingerprint density at radius 2 is 1.60 bits per heavy atom. The van der Waals surface area contributed by atoms with Gasteiger partial charge in [0.25, 0.3) is 0 Å². The zero-order valence-corrected chi connectivity index (χ0v) is 19.3. The minimum Gasteiger partial charge on any atom is -0.341 e. The van der Waals surface area contributed by atoms with E-state index in [9.17, 15) is 9.59 Å². The van der Waals surface area contributed by atoms with Crippen LogP contribution in [0.2, 0.25) is 0 Å². The number of hydrogen-bond acceptors (Lipinski definition) is 4. The molecule has 166 valence electrons. The van der Waals surface area contributed by atoms with Gasteiger partial charge in [0.1, 0.15) is 0 Å². The van der Waals surface area contributed by atoms with Crippen molar-refractivity contribution in [3.63, 3.8) is 0 Å². The van der Waals surface area contributed by atoms with Crippen molar-refractivity contribution in [2.45, 2.75) is 47.1 Å². The van der Waals surface area contributed by atoms with E-state index in [4.69, 9.17) is 0 Å². The maximum absolute atomic E-state index is 13.0. The Bertz CT molecular complexity index is 727. The Balaban J connectivity index is 1.47. The standard InChI is InChI=1S/C24H38N4O2/c1-17-13-18(2)15-28(14-17)24(30)21(5)27-11-9-26(10-12-27)16-22(29)25-23-19(3)7-6-8-20(23)4/h6-8,17-18,21H,9-16H2,1-5H3,(H,25,29)/t17-,18-,21-/m0/s1. The van der Waals surface area contributed by atoms with E-state index in [0.29, 0.717) is 18.4 Å². The highest BCUT2D eigenvalue weighted by molar-refractivity contribution is 5.93. The molecular weight excluding hydrogens is 376 g/mol. The summed E-state index contributed by atoms with van der Waals surface area (Å²) in [6, 6.07) is 5.95. The highest BCUT2D eigenvalue weighted by Gasteiger charge is 2.32. The number of rotatable bonds is 5. The molecule has 2 aliphatic rings. The maximum atomic E-state index is 13.0. The first-order chi connectivity index (χ1) is 14.2. The molecule has 0 bridgehead atoms. The van der Waals surface area contributed by atoms with Crippen LogP contribution in [0.5, 0.6) is 0 Å². The lowest BCUT2D eigenvalue weighted by Gasteiger charge is -2.41. The first kappa shape index (κ1) is 22.8. The highest BCUT2D eigenvalue weighted by atomic mass is 16.2. The van der Waals surface area contributed by atoms with E-state index in [2.05, 4.69) is 33.9 Å². The van der Waals surface area contributed by atoms with Gasteiger partial charge in [0.2, 0.25) is 11.8 Å². The van der Waals surface area contributed by atoms with Crippen molar-refractivity contribution in [3.05, 3.63) is 29.3 Å². The maximum Gasteiger partial charge on any atom is 0.239 e. The summed E-state index contributed by atoms with van der Waals surface area (Å²) in [5.41, 5.74) is 3.09. The number of carbonyl (C=O) groups excluding carboxylic acids is 2. The van der Waals surface area contributed by atoms with Crippen molar-refractivity contribution in [3.8, 4) is 0 Å². The molecule has 2 fully saturated rings. The first-order valence-corrected chi connectivity index (χ1v) is 11.4. The smallest absolute Gasteiger partial charge is 0.239 e. The van der Waals surface area contributed by atoms with Crippen molar-refractivity contribution < 1.29 is 9.59 Å². The minimum atomic E-state index is -0.0897. The first-order valence-electron chi connectivity index (χ1n) is 11.4. The molecule has 1 N–H and O–H groups in total. The van der Waals surface area contributed by atoms with Gasteiger partial charge in [-0.1, -0.05) is 32.0 Å². The third kappa shape index (κ3) is 5.61. The monoisotopic (exact) mass is 414 g/mol. The Morgan fingerprint density at radius 3 is 2.17 bits per heavy atom. The number of anilines is 1. The topological polar surface area (TPSA) is 55.9 Å². The number of piperazine rings is 1. The van der Waals surface area contributed by atoms with Crippen LogP contribution in [0.25, 0.3) is 0 Å². The van der Waals surface area contributed by atoms with E-state index in [0.717, 1.165) is 56.1 Å². The second kappa shape index (κ2) is 9.92. The van der Waals surface area contributed by atoms with Crippen LogP contribution in [0.3, 0.4) is 0 Å². The van der Waals surface area contributed by atoms with Crippen LogP contribution in [0.4, 0.5) is 5.69 Å². The van der Waals surface area contributed by atoms with Crippen molar-refractivity contribution in [1.82, 2.24) is 14.7 Å². The lowest BCUT2D eigenvalue weighted by Crippen LogP contribution is -2.56. The molecule has 0 aliphatic carbocycles. The quantitative estimate of drug-likeness (QED) is 0.805. The largest absolute Gasteiger partial charge is 0.341 e. The third-order valence-corrected chi connectivity index (χ3v) is 6.61. The van der Waals surface area contributed by atoms with Crippen LogP contribution in [0.15, 0.2) is 18.2 Å². The van der Waals surface area contributed by atoms with E-state index in [1.807, 2.05) is 39.0 Å². The zero-order valence-electron chi connectivity index (χ0n) is 19.3. The predicted octanol–water partition coefficient (Wildman–Crippen LogP) is 2.75. The number of likely N-dealkylation sites (tertiary alicyclic amines) is 1. The normalized spacial score (nSPS) is 24.5. The van der Waals surface area contributed by atoms with Gasteiger partial charge >= 0.3 is 0 Å². The molecule has 0 spiro atoms. The molecule has 3 rings (SSSR count). The molecule has 0 aromatic heterocycles. The molecule has 30 heavy (non-hydrogen) atoms. The van der Waals surface area contributed by atoms with E-state index in [1.165, 1.54) is 6.42 Å². The number of carbonyl (C=O) groups is 2. The molecule has 1 aromatic rings. The summed E-state index contributed by atoms with van der Waals surface area (Å²) < 4.78 is 0. The van der Waals surface area contributed by atoms with Gasteiger partial charge in [-0.25, -0.2) is 0 Å². The average Bonchev–Trinajstić information content (AvgIpc) is 2.69. The summed E-state index contributed by atoms with van der Waals surface area (Å²) in [5.74, 6) is 1.45. The van der Waals surface area contributed by atoms with Gasteiger partial charge in [0.15, 0.2) is 0 Å². The number of nitrogens with one attached hydrogen (secondary N) is 1. The number of nitrogens with zero attached hydrogens (tertiary/aromatic N) is 3. The molecular formula is C24H38N4O2. The number of aryl methyl sites for hydroxylation is 2. The summed E-state index contributed by atoms with van der Waals surface area (Å²) >= 11 is 0. The van der Waals surface area contributed by atoms with Crippen LogP contribution in [0, 0.1) is 25.7 Å². The molecule has 0 unspecified atom stereocenters. The van der Waals surface area contributed by atoms with Gasteiger partial charge in [0.05, 0.1) is 12.6 Å². The van der Waals surface area contributed by atoms with Crippen molar-refractivity contribution in [2.24, 2.45) is 11.8 Å². The Hall–Kier alpha value is -1.92. The number of amides is 2. The van der Waals surface area contributed by atoms with E-state index < -0.39 is 0 Å². The van der Waals surface area contributed by atoms with Crippen molar-refractivity contribution in [1.29, 1.82) is 0 Å². The van der Waals surface area contributed by atoms with E-state index in [-0.39, 0.29) is 17.9 Å². The Kier molecular flexibility index (Phi) is 7.53. The number of hydrogen-bond donors (Lipinski definition) is 1. The van der Waals surface area contributed by atoms with Crippen molar-refractivity contribution >= 4 is 17.5 Å². The minimum absolute atomic E-state index is 0.0290. The van der Waals surface area contributed by atoms with Crippen LogP contribution in [0.1, 0.15) is 38.3 Å². The van der Waals surface area contributed by atoms with Crippen LogP contribution < -0.4 is 5.32 Å². The lowest BCUT2D eigenvalue weighted by atomic mass is 9.91. The lowest BCUT2D eigenvalue weighted by molar-refractivity contribution is -0.140. The molecule has 2 amide bonds. The van der Waals surface area contributed by atoms with Gasteiger partial charge in [-0.05, 0) is 50.2 Å². The van der Waals surface area contributed by atoms with E-state index in [1.54, 1.807) is 0 Å². The fourth-order valence-corrected chi connectivity index (χ4v) is 4.97. The van der Waals surface area contributed by atoms with Crippen LogP contribution in [-0.2, 0) is 9.59 Å². The summed E-state index contributed by atoms with van der Waals surface area (Å²) in [6.07, 6.45) is 1.21. The third-order valence-electron chi connectivity index (χ3n) is 6.61. The number of piperidine rings is 1. The van der Waals surface area contributed by atoms with Crippen LogP contribution >= 0.6 is 0 Å². The predicted molar refractivity (Wildman–Crippen MR) is 122 cm³/mol. The second-order valence-corrected chi connectivity index (χ2v) is 9.49. The molecule has 2 aliphatic heterocycles. The summed E-state index contributed by atoms with van der Waals surface area (Å²) in [6.45, 7) is 16.0. The Morgan fingerprint density at radius 1 is 1.03 bits per heavy atom. The SMILES string of the molecule is Cc1cccc(C)c1NC(=O)CN1CCN([C@@H](C)C(=O)N2C[C@@H](C)C[C@H](C)C2)CC1. The molecule has 0 saturated carbocycles. The van der Waals surface area contributed by atoms with Gasteiger partial charge in [0, 0.05) is 45.0 Å². The van der Waals surface area contributed by atoms with Gasteiger partial charge in [-0.3, -0.25) is 19.4 Å². The second-order valence-electron chi connectivity index (χ2n) is 9.49. The molecule has 2 saturated heterocycles. The van der Waals surface area contributed by atoms with Gasteiger partial charge < -0.3 is 10.2 Å². The average molecular weight is 415 g/mol.